The number of aromatic amines is 2. The van der Waals surface area contributed by atoms with Gasteiger partial charge in [-0.25, -0.2) is 4.98 Å². The molecule has 0 spiro atoms. The fourth-order valence-corrected chi connectivity index (χ4v) is 1.13. The number of imidazole rings is 1. The molecular formula is C10H11N5. The van der Waals surface area contributed by atoms with E-state index in [1.807, 2.05) is 31.2 Å². The van der Waals surface area contributed by atoms with Crippen molar-refractivity contribution in [3.8, 4) is 0 Å². The first-order valence-electron chi connectivity index (χ1n) is 4.58. The number of para-hydroxylation sites is 2. The van der Waals surface area contributed by atoms with Crippen LogP contribution >= 0.6 is 0 Å². The molecule has 0 atom stereocenters. The second kappa shape index (κ2) is 4.36. The van der Waals surface area contributed by atoms with E-state index in [0.29, 0.717) is 0 Å². The van der Waals surface area contributed by atoms with E-state index in [2.05, 4.69) is 25.4 Å². The molecule has 3 rings (SSSR count). The Hall–Kier alpha value is -2.17. The molecule has 0 aliphatic heterocycles. The van der Waals surface area contributed by atoms with Crippen LogP contribution in [0.1, 0.15) is 5.82 Å². The van der Waals surface area contributed by atoms with Crippen LogP contribution in [0.2, 0.25) is 0 Å². The first kappa shape index (κ1) is 9.39. The molecule has 3 aromatic rings. The Morgan fingerprint density at radius 1 is 1.07 bits per heavy atom. The molecule has 5 heteroatoms. The van der Waals surface area contributed by atoms with Gasteiger partial charge in [0, 0.05) is 12.4 Å². The molecule has 2 heterocycles. The van der Waals surface area contributed by atoms with Gasteiger partial charge >= 0.3 is 0 Å². The number of H-pyrrole nitrogens is 2. The minimum Gasteiger partial charge on any atom is -0.349 e. The Morgan fingerprint density at radius 2 is 1.73 bits per heavy atom. The zero-order chi connectivity index (χ0) is 10.5. The van der Waals surface area contributed by atoms with Gasteiger partial charge in [0.15, 0.2) is 0 Å². The lowest BCUT2D eigenvalue weighted by Gasteiger charge is -1.78. The van der Waals surface area contributed by atoms with Crippen molar-refractivity contribution in [2.75, 3.05) is 0 Å². The summed E-state index contributed by atoms with van der Waals surface area (Å²) in [7, 11) is 0. The number of rotatable bonds is 0. The molecule has 0 bridgehead atoms. The zero-order valence-corrected chi connectivity index (χ0v) is 8.31. The number of aromatic nitrogens is 5. The molecule has 0 saturated heterocycles. The third kappa shape index (κ3) is 2.40. The Bertz CT molecular complexity index is 481. The van der Waals surface area contributed by atoms with Gasteiger partial charge in [-0.3, -0.25) is 0 Å². The van der Waals surface area contributed by atoms with Crippen LogP contribution in [0.3, 0.4) is 0 Å². The lowest BCUT2D eigenvalue weighted by atomic mass is 10.3. The van der Waals surface area contributed by atoms with Gasteiger partial charge in [-0.2, -0.15) is 15.4 Å². The Labute approximate surface area is 86.6 Å². The van der Waals surface area contributed by atoms with Gasteiger partial charge in [0.25, 0.3) is 0 Å². The highest BCUT2D eigenvalue weighted by molar-refractivity contribution is 5.72. The predicted molar refractivity (Wildman–Crippen MR) is 57.2 cm³/mol. The van der Waals surface area contributed by atoms with Crippen LogP contribution < -0.4 is 0 Å². The summed E-state index contributed by atoms with van der Waals surface area (Å²) in [6.45, 7) is 1.92. The minimum atomic E-state index is 0.914. The van der Waals surface area contributed by atoms with Gasteiger partial charge in [0.2, 0.25) is 0 Å². The second-order valence-corrected chi connectivity index (χ2v) is 2.99. The molecule has 5 nitrogen and oxygen atoms in total. The number of benzene rings is 1. The number of fused-ring (bicyclic) bond motifs is 1. The fraction of sp³-hybridized carbons (Fsp3) is 0.100. The van der Waals surface area contributed by atoms with E-state index < -0.39 is 0 Å². The predicted octanol–water partition coefficient (Wildman–Crippen LogP) is 1.68. The van der Waals surface area contributed by atoms with Crippen molar-refractivity contribution in [1.29, 1.82) is 0 Å². The minimum absolute atomic E-state index is 0.914. The van der Waals surface area contributed by atoms with Gasteiger partial charge < -0.3 is 4.98 Å². The van der Waals surface area contributed by atoms with Crippen LogP contribution in [0.5, 0.6) is 0 Å². The molecule has 0 saturated carbocycles. The summed E-state index contributed by atoms with van der Waals surface area (Å²) in [4.78, 5) is 6.75. The second-order valence-electron chi connectivity index (χ2n) is 2.99. The van der Waals surface area contributed by atoms with Crippen LogP contribution in [0, 0.1) is 6.92 Å². The van der Waals surface area contributed by atoms with Crippen molar-refractivity contribution >= 4 is 11.0 Å². The van der Waals surface area contributed by atoms with Crippen LogP contribution in [0.25, 0.3) is 11.0 Å². The Balaban J connectivity index is 0.000000124. The Kier molecular flexibility index (Phi) is 2.73. The molecule has 0 fully saturated rings. The number of nitrogens with one attached hydrogen (secondary N) is 2. The molecule has 15 heavy (non-hydrogen) atoms. The van der Waals surface area contributed by atoms with Crippen LogP contribution in [0.4, 0.5) is 0 Å². The molecule has 2 N–H and O–H groups in total. The van der Waals surface area contributed by atoms with Crippen molar-refractivity contribution in [2.24, 2.45) is 0 Å². The largest absolute Gasteiger partial charge is 0.349 e. The number of hydrogen-bond donors (Lipinski definition) is 2. The quantitative estimate of drug-likeness (QED) is 0.581. The number of hydrogen-bond acceptors (Lipinski definition) is 3. The number of aryl methyl sites for hydroxylation is 1. The average Bonchev–Trinajstić information content (AvgIpc) is 2.88. The first-order valence-corrected chi connectivity index (χ1v) is 4.58. The van der Waals surface area contributed by atoms with Crippen molar-refractivity contribution in [3.63, 3.8) is 0 Å². The molecule has 76 valence electrons. The third-order valence-electron chi connectivity index (χ3n) is 1.86. The maximum Gasteiger partial charge on any atom is 0.112 e. The average molecular weight is 201 g/mol. The van der Waals surface area contributed by atoms with Crippen LogP contribution in [-0.4, -0.2) is 25.4 Å². The summed E-state index contributed by atoms with van der Waals surface area (Å²) in [5.74, 6) is 0.968. The summed E-state index contributed by atoms with van der Waals surface area (Å²) in [5, 5.41) is 10.3. The normalized spacial score (nSPS) is 9.67. The van der Waals surface area contributed by atoms with E-state index >= 15 is 0 Å². The highest BCUT2D eigenvalue weighted by Crippen LogP contribution is 2.03. The van der Waals surface area contributed by atoms with Gasteiger partial charge in [0.1, 0.15) is 16.9 Å². The molecule has 0 radical (unpaired) electrons. The standard InChI is InChI=1S/C6H5N3.C4H6N2/c1-2-4-6-5(3-1)7-9-8-6;1-4-5-2-3-6-4/h1-4H,(H,7,8,9);2-3H,1H3,(H,5,6). The SMILES string of the molecule is Cc1ncc[nH]1.c1ccc2n[nH]nc2c1. The lowest BCUT2D eigenvalue weighted by Crippen LogP contribution is -1.66. The summed E-state index contributed by atoms with van der Waals surface area (Å²) < 4.78 is 0. The summed E-state index contributed by atoms with van der Waals surface area (Å²) in [5.41, 5.74) is 1.83. The van der Waals surface area contributed by atoms with Crippen molar-refractivity contribution in [3.05, 3.63) is 42.5 Å². The third-order valence-corrected chi connectivity index (χ3v) is 1.86. The van der Waals surface area contributed by atoms with E-state index in [4.69, 9.17) is 0 Å². The molecule has 0 amide bonds. The van der Waals surface area contributed by atoms with Crippen molar-refractivity contribution in [1.82, 2.24) is 25.4 Å². The molecule has 0 aliphatic carbocycles. The first-order chi connectivity index (χ1) is 7.36. The van der Waals surface area contributed by atoms with Gasteiger partial charge in [-0.05, 0) is 19.1 Å². The summed E-state index contributed by atoms with van der Waals surface area (Å²) in [6, 6.07) is 7.70. The fourth-order valence-electron chi connectivity index (χ4n) is 1.13. The van der Waals surface area contributed by atoms with Gasteiger partial charge in [-0.1, -0.05) is 12.1 Å². The summed E-state index contributed by atoms with van der Waals surface area (Å²) >= 11 is 0. The topological polar surface area (TPSA) is 70.2 Å². The molecule has 0 unspecified atom stereocenters. The monoisotopic (exact) mass is 201 g/mol. The van der Waals surface area contributed by atoms with Crippen molar-refractivity contribution in [2.45, 2.75) is 6.92 Å². The molecule has 0 aliphatic rings. The number of nitrogens with zero attached hydrogens (tertiary/aromatic N) is 3. The van der Waals surface area contributed by atoms with Crippen LogP contribution in [0.15, 0.2) is 36.7 Å². The molecule has 2 aromatic heterocycles. The van der Waals surface area contributed by atoms with E-state index in [1.165, 1.54) is 0 Å². The van der Waals surface area contributed by atoms with Gasteiger partial charge in [0.05, 0.1) is 0 Å². The molecular weight excluding hydrogens is 190 g/mol. The van der Waals surface area contributed by atoms with Crippen molar-refractivity contribution < 1.29 is 0 Å². The Morgan fingerprint density at radius 3 is 2.13 bits per heavy atom. The maximum absolute atomic E-state index is 3.88. The van der Waals surface area contributed by atoms with E-state index in [9.17, 15) is 0 Å². The van der Waals surface area contributed by atoms with E-state index in [1.54, 1.807) is 12.4 Å². The lowest BCUT2D eigenvalue weighted by molar-refractivity contribution is 0.959. The zero-order valence-electron chi connectivity index (χ0n) is 8.31. The molecule has 1 aromatic carbocycles. The smallest absolute Gasteiger partial charge is 0.112 e. The highest BCUT2D eigenvalue weighted by Gasteiger charge is 1.90. The maximum atomic E-state index is 3.88. The van der Waals surface area contributed by atoms with E-state index in [-0.39, 0.29) is 0 Å². The van der Waals surface area contributed by atoms with E-state index in [0.717, 1.165) is 16.9 Å². The van der Waals surface area contributed by atoms with Gasteiger partial charge in [-0.15, -0.1) is 0 Å². The van der Waals surface area contributed by atoms with Crippen LogP contribution in [-0.2, 0) is 0 Å². The highest BCUT2D eigenvalue weighted by atomic mass is 15.3. The summed E-state index contributed by atoms with van der Waals surface area (Å²) in [6.07, 6.45) is 3.53.